The smallest absolute Gasteiger partial charge is 0.253 e. The van der Waals surface area contributed by atoms with E-state index in [1.54, 1.807) is 6.20 Å². The topological polar surface area (TPSA) is 69.6 Å². The van der Waals surface area contributed by atoms with Crippen LogP contribution >= 0.6 is 0 Å². The highest BCUT2D eigenvalue weighted by Gasteiger charge is 2.60. The van der Waals surface area contributed by atoms with Crippen molar-refractivity contribution in [3.63, 3.8) is 0 Å². The van der Waals surface area contributed by atoms with E-state index in [1.807, 2.05) is 37.3 Å². The second-order valence-corrected chi connectivity index (χ2v) is 6.76. The second-order valence-electron chi connectivity index (χ2n) is 6.76. The number of rotatable bonds is 1. The maximum Gasteiger partial charge on any atom is 0.253 e. The van der Waals surface area contributed by atoms with Crippen LogP contribution in [0.15, 0.2) is 42.6 Å². The van der Waals surface area contributed by atoms with Crippen molar-refractivity contribution < 1.29 is 14.7 Å². The van der Waals surface area contributed by atoms with Crippen molar-refractivity contribution in [1.82, 2.24) is 4.90 Å². The summed E-state index contributed by atoms with van der Waals surface area (Å²) in [5.74, 6) is -0.283. The van der Waals surface area contributed by atoms with Gasteiger partial charge in [0.05, 0.1) is 0 Å². The van der Waals surface area contributed by atoms with Gasteiger partial charge in [-0.2, -0.15) is 0 Å². The first-order valence-electron chi connectivity index (χ1n) is 8.35. The Morgan fingerprint density at radius 1 is 1.29 bits per heavy atom. The van der Waals surface area contributed by atoms with E-state index in [2.05, 4.69) is 5.32 Å². The standard InChI is InChI=1S/C19H20N2O3/c1-2-18-9-5-11-21-17(23)12-14(19(18,21)24)13-6-3-4-7-15(13)20-16(22)8-10-18/h3-7,11-12,24H,2,8-10H2,1H3,(H,20,22). The van der Waals surface area contributed by atoms with Gasteiger partial charge in [0.25, 0.3) is 5.91 Å². The largest absolute Gasteiger partial charge is 0.366 e. The molecule has 3 heterocycles. The fraction of sp³-hybridized carbons (Fsp3) is 0.368. The van der Waals surface area contributed by atoms with Gasteiger partial charge in [-0.05, 0) is 25.3 Å². The van der Waals surface area contributed by atoms with Crippen LogP contribution in [0, 0.1) is 5.41 Å². The lowest BCUT2D eigenvalue weighted by molar-refractivity contribution is -0.160. The zero-order chi connectivity index (χ0) is 16.9. The molecule has 3 aliphatic heterocycles. The highest BCUT2D eigenvalue weighted by molar-refractivity contribution is 6.07. The summed E-state index contributed by atoms with van der Waals surface area (Å²) in [5.41, 5.74) is -0.0705. The van der Waals surface area contributed by atoms with E-state index in [4.69, 9.17) is 0 Å². The number of fused-ring (bicyclic) bond motifs is 2. The molecule has 0 saturated carbocycles. The minimum absolute atomic E-state index is 0.0631. The van der Waals surface area contributed by atoms with Gasteiger partial charge in [0.1, 0.15) is 0 Å². The molecule has 2 atom stereocenters. The molecule has 1 aromatic carbocycles. The summed E-state index contributed by atoms with van der Waals surface area (Å²) < 4.78 is 0. The lowest BCUT2D eigenvalue weighted by Gasteiger charge is -2.51. The molecule has 2 N–H and O–H groups in total. The molecule has 2 unspecified atom stereocenters. The number of para-hydroxylation sites is 1. The first-order valence-corrected chi connectivity index (χ1v) is 8.35. The van der Waals surface area contributed by atoms with Crippen molar-refractivity contribution >= 4 is 23.1 Å². The molecule has 0 spiro atoms. The van der Waals surface area contributed by atoms with E-state index < -0.39 is 11.1 Å². The third-order valence-electron chi connectivity index (χ3n) is 5.73. The SMILES string of the molecule is CCC12CC=CN3C(=O)C=C(c4ccccc4NC(=O)CC1)C32O. The number of benzene rings is 1. The number of amides is 2. The van der Waals surface area contributed by atoms with Crippen molar-refractivity contribution in [1.29, 1.82) is 0 Å². The van der Waals surface area contributed by atoms with Crippen molar-refractivity contribution in [2.75, 3.05) is 5.32 Å². The molecule has 0 aliphatic carbocycles. The number of carbonyl (C=O) groups is 2. The Kier molecular flexibility index (Phi) is 3.18. The molecule has 1 aromatic rings. The Balaban J connectivity index is 2.01. The average molecular weight is 324 g/mol. The minimum atomic E-state index is -1.42. The molecule has 124 valence electrons. The van der Waals surface area contributed by atoms with Gasteiger partial charge < -0.3 is 10.4 Å². The van der Waals surface area contributed by atoms with Crippen LogP contribution in [-0.2, 0) is 9.59 Å². The number of allylic oxidation sites excluding steroid dienone is 1. The molecule has 0 radical (unpaired) electrons. The van der Waals surface area contributed by atoms with Gasteiger partial charge in [-0.15, -0.1) is 0 Å². The summed E-state index contributed by atoms with van der Waals surface area (Å²) in [6.07, 6.45) is 7.25. The molecule has 24 heavy (non-hydrogen) atoms. The number of hydrogen-bond acceptors (Lipinski definition) is 3. The van der Waals surface area contributed by atoms with Gasteiger partial charge >= 0.3 is 0 Å². The quantitative estimate of drug-likeness (QED) is 0.834. The number of aliphatic hydroxyl groups is 1. The van der Waals surface area contributed by atoms with E-state index in [9.17, 15) is 14.7 Å². The average Bonchev–Trinajstić information content (AvgIpc) is 2.86. The minimum Gasteiger partial charge on any atom is -0.366 e. The van der Waals surface area contributed by atoms with Crippen LogP contribution in [0.25, 0.3) is 5.57 Å². The Morgan fingerprint density at radius 3 is 2.88 bits per heavy atom. The molecule has 5 nitrogen and oxygen atoms in total. The zero-order valence-electron chi connectivity index (χ0n) is 13.6. The van der Waals surface area contributed by atoms with E-state index in [-0.39, 0.29) is 11.8 Å². The molecule has 5 heteroatoms. The number of anilines is 1. The number of hydrogen-bond donors (Lipinski definition) is 2. The van der Waals surface area contributed by atoms with Crippen LogP contribution in [0.4, 0.5) is 5.69 Å². The van der Waals surface area contributed by atoms with Gasteiger partial charge in [-0.3, -0.25) is 14.5 Å². The van der Waals surface area contributed by atoms with E-state index in [0.29, 0.717) is 42.5 Å². The molecular formula is C19H20N2O3. The van der Waals surface area contributed by atoms with Gasteiger partial charge in [0, 0.05) is 40.9 Å². The molecule has 0 fully saturated rings. The van der Waals surface area contributed by atoms with Crippen molar-refractivity contribution in [2.45, 2.75) is 38.3 Å². The highest BCUT2D eigenvalue weighted by Crippen LogP contribution is 2.57. The monoisotopic (exact) mass is 324 g/mol. The third kappa shape index (κ3) is 1.79. The molecule has 0 saturated heterocycles. The first-order chi connectivity index (χ1) is 11.5. The lowest BCUT2D eigenvalue weighted by Crippen LogP contribution is -2.59. The second kappa shape index (κ2) is 5.05. The summed E-state index contributed by atoms with van der Waals surface area (Å²) in [6, 6.07) is 7.35. The van der Waals surface area contributed by atoms with Crippen LogP contribution in [0.3, 0.4) is 0 Å². The zero-order valence-corrected chi connectivity index (χ0v) is 13.6. The molecule has 2 amide bonds. The van der Waals surface area contributed by atoms with Crippen LogP contribution in [-0.4, -0.2) is 27.5 Å². The molecular weight excluding hydrogens is 304 g/mol. The molecule has 0 bridgehead atoms. The van der Waals surface area contributed by atoms with E-state index in [1.165, 1.54) is 11.0 Å². The van der Waals surface area contributed by atoms with Crippen molar-refractivity contribution in [2.24, 2.45) is 5.41 Å². The van der Waals surface area contributed by atoms with Gasteiger partial charge in [0.15, 0.2) is 5.72 Å². The van der Waals surface area contributed by atoms with Crippen molar-refractivity contribution in [3.8, 4) is 0 Å². The summed E-state index contributed by atoms with van der Waals surface area (Å²) in [4.78, 5) is 26.3. The van der Waals surface area contributed by atoms with Gasteiger partial charge in [-0.1, -0.05) is 31.2 Å². The number of carbonyl (C=O) groups excluding carboxylic acids is 2. The Hall–Kier alpha value is -2.40. The fourth-order valence-electron chi connectivity index (χ4n) is 4.33. The van der Waals surface area contributed by atoms with E-state index >= 15 is 0 Å². The highest BCUT2D eigenvalue weighted by atomic mass is 16.3. The Labute approximate surface area is 140 Å². The van der Waals surface area contributed by atoms with Gasteiger partial charge in [0.2, 0.25) is 5.91 Å². The summed E-state index contributed by atoms with van der Waals surface area (Å²) >= 11 is 0. The maximum atomic E-state index is 12.6. The predicted octanol–water partition coefficient (Wildman–Crippen LogP) is 2.65. The van der Waals surface area contributed by atoms with E-state index in [0.717, 1.165) is 0 Å². The summed E-state index contributed by atoms with van der Waals surface area (Å²) in [5, 5.41) is 14.7. The normalized spacial score (nSPS) is 31.4. The maximum absolute atomic E-state index is 12.6. The molecule has 0 aromatic heterocycles. The van der Waals surface area contributed by atoms with Crippen LogP contribution in [0.2, 0.25) is 0 Å². The summed E-state index contributed by atoms with van der Waals surface area (Å²) in [6.45, 7) is 2.01. The number of nitrogens with zero attached hydrogens (tertiary/aromatic N) is 1. The van der Waals surface area contributed by atoms with Crippen LogP contribution in [0.5, 0.6) is 0 Å². The van der Waals surface area contributed by atoms with Crippen LogP contribution < -0.4 is 5.32 Å². The van der Waals surface area contributed by atoms with Crippen LogP contribution in [0.1, 0.15) is 38.2 Å². The number of nitrogens with one attached hydrogen (secondary N) is 1. The molecule has 4 rings (SSSR count). The predicted molar refractivity (Wildman–Crippen MR) is 90.6 cm³/mol. The lowest BCUT2D eigenvalue weighted by atomic mass is 9.64. The Bertz CT molecular complexity index is 798. The van der Waals surface area contributed by atoms with Crippen molar-refractivity contribution in [3.05, 3.63) is 48.2 Å². The first kappa shape index (κ1) is 15.1. The fourth-order valence-corrected chi connectivity index (χ4v) is 4.33. The van der Waals surface area contributed by atoms with Gasteiger partial charge in [-0.25, -0.2) is 0 Å². The molecule has 3 aliphatic rings. The third-order valence-corrected chi connectivity index (χ3v) is 5.73. The Morgan fingerprint density at radius 2 is 2.08 bits per heavy atom. The summed E-state index contributed by atoms with van der Waals surface area (Å²) in [7, 11) is 0.